The highest BCUT2D eigenvalue weighted by molar-refractivity contribution is 6.21. The molecule has 0 aromatic heterocycles. The van der Waals surface area contributed by atoms with E-state index in [4.69, 9.17) is 16.7 Å². The Balaban J connectivity index is 1.59. The molecule has 1 aromatic carbocycles. The number of carboxylic acid groups (broad SMARTS) is 1. The van der Waals surface area contributed by atoms with E-state index in [2.05, 4.69) is 6.08 Å². The number of rotatable bonds is 7. The predicted octanol–water partition coefficient (Wildman–Crippen LogP) is 4.07. The number of hydrogen-bond donors (Lipinski definition) is 3. The Bertz CT molecular complexity index is 687. The molecule has 0 heterocycles. The predicted molar refractivity (Wildman–Crippen MR) is 101 cm³/mol. The maximum absolute atomic E-state index is 11.2. The average Bonchev–Trinajstić information content (AvgIpc) is 3.11. The number of unbranched alkanes of at least 4 members (excludes halogenated alkanes) is 1. The fraction of sp³-hybridized carbons (Fsp3) is 0.571. The highest BCUT2D eigenvalue weighted by atomic mass is 35.5. The van der Waals surface area contributed by atoms with Crippen molar-refractivity contribution in [1.29, 1.82) is 0 Å². The van der Waals surface area contributed by atoms with Crippen LogP contribution >= 0.6 is 11.6 Å². The van der Waals surface area contributed by atoms with Gasteiger partial charge in [0.25, 0.3) is 0 Å². The second-order valence-corrected chi connectivity index (χ2v) is 8.24. The minimum Gasteiger partial charge on any atom is -0.481 e. The molecule has 0 aliphatic heterocycles. The molecular formula is C21H27ClO4. The van der Waals surface area contributed by atoms with Gasteiger partial charge in [-0.15, -0.1) is 11.6 Å². The first-order valence-electron chi connectivity index (χ1n) is 9.43. The topological polar surface area (TPSA) is 77.8 Å². The van der Waals surface area contributed by atoms with Crippen LogP contribution in [0, 0.1) is 5.92 Å². The van der Waals surface area contributed by atoms with Crippen LogP contribution in [0.1, 0.15) is 67.7 Å². The fourth-order valence-corrected chi connectivity index (χ4v) is 4.69. The maximum Gasteiger partial charge on any atom is 0.303 e. The monoisotopic (exact) mass is 378 g/mol. The number of halogens is 1. The van der Waals surface area contributed by atoms with Crippen LogP contribution in [0.4, 0.5) is 0 Å². The lowest BCUT2D eigenvalue weighted by Crippen LogP contribution is -2.22. The number of carbonyl (C=O) groups is 1. The molecule has 4 nitrogen and oxygen atoms in total. The normalized spacial score (nSPS) is 30.8. The van der Waals surface area contributed by atoms with Crippen molar-refractivity contribution in [2.45, 2.75) is 68.4 Å². The molecule has 26 heavy (non-hydrogen) atoms. The van der Waals surface area contributed by atoms with E-state index >= 15 is 0 Å². The molecule has 1 unspecified atom stereocenters. The van der Waals surface area contributed by atoms with Crippen LogP contribution < -0.4 is 0 Å². The first kappa shape index (κ1) is 19.4. The Morgan fingerprint density at radius 2 is 2.12 bits per heavy atom. The smallest absolute Gasteiger partial charge is 0.303 e. The first-order valence-corrected chi connectivity index (χ1v) is 9.87. The number of alkyl halides is 1. The number of carboxylic acids is 1. The zero-order chi connectivity index (χ0) is 18.7. The summed E-state index contributed by atoms with van der Waals surface area (Å²) in [6.45, 7) is 0. The molecule has 0 radical (unpaired) electrons. The summed E-state index contributed by atoms with van der Waals surface area (Å²) < 4.78 is 0. The van der Waals surface area contributed by atoms with Gasteiger partial charge in [0.15, 0.2) is 0 Å². The quantitative estimate of drug-likeness (QED) is 0.379. The molecule has 0 bridgehead atoms. The first-order chi connectivity index (χ1) is 12.4. The molecule has 3 rings (SSSR count). The van der Waals surface area contributed by atoms with Crippen molar-refractivity contribution in [3.8, 4) is 0 Å². The van der Waals surface area contributed by atoms with E-state index in [-0.39, 0.29) is 23.8 Å². The standard InChI is InChI=1S/C21H27ClO4/c22-18-13-21(26,12-15(18)5-3-1-2-4-6-20(24)25)16-8-9-17-14(11-16)7-10-19(17)23/h1,3,8-9,11,15,18-19,23,26H,2,4-7,10,12-13H2,(H,24,25)/b3-1-/t15-,18-,19?,21-/m1/s1. The van der Waals surface area contributed by atoms with Gasteiger partial charge in [0, 0.05) is 11.8 Å². The van der Waals surface area contributed by atoms with Crippen molar-refractivity contribution in [2.75, 3.05) is 0 Å². The molecule has 1 aromatic rings. The number of hydrogen-bond acceptors (Lipinski definition) is 3. The van der Waals surface area contributed by atoms with Crippen LogP contribution in [-0.4, -0.2) is 26.7 Å². The molecule has 3 N–H and O–H groups in total. The summed E-state index contributed by atoms with van der Waals surface area (Å²) in [6, 6.07) is 5.92. The minimum absolute atomic E-state index is 0.0810. The molecular weight excluding hydrogens is 352 g/mol. The van der Waals surface area contributed by atoms with Crippen LogP contribution in [0.25, 0.3) is 0 Å². The van der Waals surface area contributed by atoms with E-state index in [0.29, 0.717) is 19.3 Å². The van der Waals surface area contributed by atoms with Crippen LogP contribution in [0.5, 0.6) is 0 Å². The van der Waals surface area contributed by atoms with Crippen molar-refractivity contribution >= 4 is 17.6 Å². The van der Waals surface area contributed by atoms with Gasteiger partial charge < -0.3 is 15.3 Å². The van der Waals surface area contributed by atoms with Crippen LogP contribution in [0.15, 0.2) is 30.4 Å². The van der Waals surface area contributed by atoms with E-state index in [9.17, 15) is 15.0 Å². The molecule has 0 saturated heterocycles. The van der Waals surface area contributed by atoms with Gasteiger partial charge in [0.1, 0.15) is 0 Å². The molecule has 1 fully saturated rings. The van der Waals surface area contributed by atoms with Crippen molar-refractivity contribution in [2.24, 2.45) is 5.92 Å². The third kappa shape index (κ3) is 4.30. The average molecular weight is 379 g/mol. The summed E-state index contributed by atoms with van der Waals surface area (Å²) in [7, 11) is 0. The van der Waals surface area contributed by atoms with Gasteiger partial charge in [-0.1, -0.05) is 30.4 Å². The summed E-state index contributed by atoms with van der Waals surface area (Å²) >= 11 is 6.52. The van der Waals surface area contributed by atoms with E-state index in [1.165, 1.54) is 0 Å². The molecule has 1 saturated carbocycles. The second-order valence-electron chi connectivity index (χ2n) is 7.68. The Labute approximate surface area is 159 Å². The van der Waals surface area contributed by atoms with Gasteiger partial charge in [-0.25, -0.2) is 0 Å². The molecule has 2 aliphatic rings. The number of aliphatic hydroxyl groups is 2. The number of allylic oxidation sites excluding steroid dienone is 2. The third-order valence-corrected chi connectivity index (χ3v) is 6.25. The van der Waals surface area contributed by atoms with Crippen LogP contribution in [-0.2, 0) is 16.8 Å². The molecule has 4 atom stereocenters. The number of aliphatic hydroxyl groups excluding tert-OH is 1. The third-order valence-electron chi connectivity index (χ3n) is 5.74. The number of fused-ring (bicyclic) bond motifs is 1. The summed E-state index contributed by atoms with van der Waals surface area (Å²) in [5.74, 6) is -0.557. The summed E-state index contributed by atoms with van der Waals surface area (Å²) in [4.78, 5) is 10.5. The maximum atomic E-state index is 11.2. The van der Waals surface area contributed by atoms with Gasteiger partial charge in [-0.05, 0) is 67.6 Å². The highest BCUT2D eigenvalue weighted by Crippen LogP contribution is 2.47. The highest BCUT2D eigenvalue weighted by Gasteiger charge is 2.44. The Morgan fingerprint density at radius 1 is 1.31 bits per heavy atom. The second kappa shape index (κ2) is 8.12. The van der Waals surface area contributed by atoms with Crippen molar-refractivity contribution in [3.63, 3.8) is 0 Å². The van der Waals surface area contributed by atoms with Gasteiger partial charge in [-0.3, -0.25) is 4.79 Å². The summed E-state index contributed by atoms with van der Waals surface area (Å²) in [5.41, 5.74) is 2.12. The van der Waals surface area contributed by atoms with E-state index < -0.39 is 11.6 Å². The van der Waals surface area contributed by atoms with E-state index in [1.807, 2.05) is 24.3 Å². The molecule has 2 aliphatic carbocycles. The van der Waals surface area contributed by atoms with Gasteiger partial charge in [0.05, 0.1) is 11.7 Å². The SMILES string of the molecule is O=C(O)CCC/C=C\C[C@@H]1C[C@](O)(c2ccc3c(c2)CCC3O)C[C@H]1Cl. The number of benzene rings is 1. The summed E-state index contributed by atoms with van der Waals surface area (Å²) in [5, 5.41) is 29.7. The Kier molecular flexibility index (Phi) is 6.06. The van der Waals surface area contributed by atoms with Crippen molar-refractivity contribution < 1.29 is 20.1 Å². The van der Waals surface area contributed by atoms with E-state index in [1.54, 1.807) is 0 Å². The lowest BCUT2D eigenvalue weighted by molar-refractivity contribution is -0.137. The lowest BCUT2D eigenvalue weighted by Gasteiger charge is -2.24. The van der Waals surface area contributed by atoms with Gasteiger partial charge in [-0.2, -0.15) is 0 Å². The van der Waals surface area contributed by atoms with E-state index in [0.717, 1.165) is 42.4 Å². The zero-order valence-electron chi connectivity index (χ0n) is 14.9. The van der Waals surface area contributed by atoms with Gasteiger partial charge >= 0.3 is 5.97 Å². The van der Waals surface area contributed by atoms with Crippen molar-refractivity contribution in [3.05, 3.63) is 47.0 Å². The summed E-state index contributed by atoms with van der Waals surface area (Å²) in [6.07, 6.45) is 8.86. The molecule has 0 spiro atoms. The van der Waals surface area contributed by atoms with Crippen LogP contribution in [0.3, 0.4) is 0 Å². The lowest BCUT2D eigenvalue weighted by atomic mass is 9.88. The fourth-order valence-electron chi connectivity index (χ4n) is 4.25. The van der Waals surface area contributed by atoms with Gasteiger partial charge in [0.2, 0.25) is 0 Å². The number of aliphatic carboxylic acids is 1. The van der Waals surface area contributed by atoms with Crippen LogP contribution in [0.2, 0.25) is 0 Å². The Morgan fingerprint density at radius 3 is 2.88 bits per heavy atom. The largest absolute Gasteiger partial charge is 0.481 e. The molecule has 5 heteroatoms. The zero-order valence-corrected chi connectivity index (χ0v) is 15.7. The molecule has 0 amide bonds. The van der Waals surface area contributed by atoms with Crippen molar-refractivity contribution in [1.82, 2.24) is 0 Å². The molecule has 142 valence electrons. The number of aryl methyl sites for hydroxylation is 1. The minimum atomic E-state index is -0.906. The Hall–Kier alpha value is -1.36.